The lowest BCUT2D eigenvalue weighted by atomic mass is 9.96. The molecule has 0 aromatic carbocycles. The molecule has 2 atom stereocenters. The van der Waals surface area contributed by atoms with E-state index < -0.39 is 52.8 Å². The Bertz CT molecular complexity index is 1830. The number of aromatic nitrogens is 2. The molecule has 2 aliphatic rings. The van der Waals surface area contributed by atoms with Gasteiger partial charge in [-0.15, -0.1) is 11.3 Å². The molecule has 2 saturated heterocycles. The minimum atomic E-state index is -1.63. The van der Waals surface area contributed by atoms with Crippen LogP contribution in [-0.4, -0.2) is 112 Å². The number of rotatable bonds is 20. The van der Waals surface area contributed by atoms with Crippen LogP contribution < -0.4 is 30.7 Å². The number of unbranched alkanes of at least 4 members (excludes halogenated alkanes) is 2. The van der Waals surface area contributed by atoms with Gasteiger partial charge in [0, 0.05) is 37.6 Å². The van der Waals surface area contributed by atoms with Crippen LogP contribution in [0.3, 0.4) is 0 Å². The van der Waals surface area contributed by atoms with Crippen molar-refractivity contribution in [2.75, 3.05) is 38.2 Å². The number of hydrogen-bond acceptors (Lipinski definition) is 15. The van der Waals surface area contributed by atoms with Gasteiger partial charge in [0.25, 0.3) is 5.91 Å². The van der Waals surface area contributed by atoms with E-state index in [0.717, 1.165) is 42.7 Å². The smallest absolute Gasteiger partial charge is 0.413 e. The Labute approximate surface area is 349 Å². The molecule has 0 saturated carbocycles. The minimum Gasteiger partial charge on any atom is -0.490 e. The van der Waals surface area contributed by atoms with E-state index in [2.05, 4.69) is 55.1 Å². The van der Waals surface area contributed by atoms with Crippen molar-refractivity contribution in [3.8, 4) is 11.5 Å². The molecule has 2 aromatic rings. The third-order valence-electron chi connectivity index (χ3n) is 8.73. The summed E-state index contributed by atoms with van der Waals surface area (Å²) in [5.74, 6) is -1.22. The van der Waals surface area contributed by atoms with Crippen molar-refractivity contribution in [2.45, 2.75) is 130 Å². The van der Waals surface area contributed by atoms with Crippen LogP contribution in [0.2, 0.25) is 0 Å². The number of amides is 4. The zero-order valence-corrected chi connectivity index (χ0v) is 36.6. The number of nitrogens with one attached hydrogen (secondary N) is 4. The van der Waals surface area contributed by atoms with E-state index in [1.54, 1.807) is 47.7 Å². The van der Waals surface area contributed by atoms with Gasteiger partial charge in [-0.25, -0.2) is 14.6 Å². The number of β-lactam (4-membered cyclic amide) rings is 1. The Hall–Kier alpha value is -5.04. The summed E-state index contributed by atoms with van der Waals surface area (Å²) in [6.45, 7) is 20.1. The monoisotopic (exact) mass is 844 g/mol. The van der Waals surface area contributed by atoms with E-state index in [9.17, 15) is 24.0 Å². The van der Waals surface area contributed by atoms with Gasteiger partial charge in [0.15, 0.2) is 22.3 Å². The van der Waals surface area contributed by atoms with Crippen LogP contribution in [-0.2, 0) is 40.0 Å². The molecule has 2 fully saturated rings. The number of esters is 1. The second-order valence-corrected chi connectivity index (χ2v) is 17.8. The molecule has 0 radical (unpaired) electrons. The fourth-order valence-electron chi connectivity index (χ4n) is 5.49. The average molecular weight is 845 g/mol. The zero-order chi connectivity index (χ0) is 43.5. The van der Waals surface area contributed by atoms with Crippen molar-refractivity contribution in [3.63, 3.8) is 0 Å². The second kappa shape index (κ2) is 20.3. The van der Waals surface area contributed by atoms with E-state index in [-0.39, 0.29) is 34.9 Å². The predicted octanol–water partition coefficient (Wildman–Crippen LogP) is 4.32. The minimum absolute atomic E-state index is 0.00985. The number of thiazole rings is 1. The third-order valence-corrected chi connectivity index (χ3v) is 9.49. The molecule has 0 bridgehead atoms. The van der Waals surface area contributed by atoms with Crippen LogP contribution in [0.4, 0.5) is 9.93 Å². The number of oxime groups is 1. The number of hydrogen-bond donors (Lipinski definition) is 4. The lowest BCUT2D eigenvalue weighted by Crippen LogP contribution is -2.72. The van der Waals surface area contributed by atoms with Gasteiger partial charge < -0.3 is 39.7 Å². The molecule has 0 aliphatic carbocycles. The van der Waals surface area contributed by atoms with Crippen LogP contribution in [0.5, 0.6) is 11.5 Å². The number of anilines is 1. The maximum Gasteiger partial charge on any atom is 0.413 e. The first kappa shape index (κ1) is 46.6. The van der Waals surface area contributed by atoms with E-state index in [1.807, 2.05) is 6.07 Å². The number of likely N-dealkylation sites (tertiary alicyclic amines) is 1. The fourth-order valence-corrected chi connectivity index (χ4v) is 6.18. The Morgan fingerprint density at radius 1 is 0.949 bits per heavy atom. The van der Waals surface area contributed by atoms with Crippen LogP contribution in [0.25, 0.3) is 0 Å². The van der Waals surface area contributed by atoms with E-state index in [1.165, 1.54) is 19.2 Å². The van der Waals surface area contributed by atoms with Gasteiger partial charge in [0.2, 0.25) is 17.4 Å². The molecule has 2 aliphatic heterocycles. The fraction of sp³-hybridized carbons (Fsp3) is 0.650. The summed E-state index contributed by atoms with van der Waals surface area (Å²) in [5, 5.41) is 16.3. The first-order valence-electron chi connectivity index (χ1n) is 20.0. The number of ether oxygens (including phenoxy) is 4. The molecule has 4 amide bonds. The van der Waals surface area contributed by atoms with Crippen molar-refractivity contribution < 1.29 is 47.8 Å². The van der Waals surface area contributed by atoms with Crippen LogP contribution in [0.15, 0.2) is 22.8 Å². The second-order valence-electron chi connectivity index (χ2n) is 16.9. The molecule has 0 unspecified atom stereocenters. The van der Waals surface area contributed by atoms with Crippen molar-refractivity contribution >= 4 is 52.0 Å². The normalized spacial score (nSPS) is 17.5. The molecule has 4 N–H and O–H groups in total. The van der Waals surface area contributed by atoms with Gasteiger partial charge >= 0.3 is 12.1 Å². The van der Waals surface area contributed by atoms with Gasteiger partial charge in [0.1, 0.15) is 22.9 Å². The van der Waals surface area contributed by atoms with Crippen LogP contribution in [0, 0.1) is 5.92 Å². The summed E-state index contributed by atoms with van der Waals surface area (Å²) >= 11 is 0.991. The molecule has 0 spiro atoms. The van der Waals surface area contributed by atoms with Gasteiger partial charge in [-0.2, -0.15) is 0 Å². The molecule has 18 nitrogen and oxygen atoms in total. The van der Waals surface area contributed by atoms with Crippen LogP contribution in [0.1, 0.15) is 106 Å². The molecular weight excluding hydrogens is 785 g/mol. The highest BCUT2D eigenvalue weighted by Crippen LogP contribution is 2.29. The third kappa shape index (κ3) is 14.3. The molecule has 19 heteroatoms. The van der Waals surface area contributed by atoms with Gasteiger partial charge in [-0.3, -0.25) is 29.6 Å². The van der Waals surface area contributed by atoms with E-state index in [0.29, 0.717) is 44.3 Å². The quantitative estimate of drug-likeness (QED) is 0.0481. The lowest BCUT2D eigenvalue weighted by molar-refractivity contribution is -0.179. The summed E-state index contributed by atoms with van der Waals surface area (Å²) in [6.07, 6.45) is 4.83. The molecule has 2 aromatic heterocycles. The Morgan fingerprint density at radius 2 is 1.59 bits per heavy atom. The highest BCUT2D eigenvalue weighted by molar-refractivity contribution is 7.14. The van der Waals surface area contributed by atoms with Crippen molar-refractivity contribution in [3.05, 3.63) is 29.0 Å². The van der Waals surface area contributed by atoms with Gasteiger partial charge in [-0.05, 0) is 68.2 Å². The van der Waals surface area contributed by atoms with Gasteiger partial charge in [-0.1, -0.05) is 31.8 Å². The Morgan fingerprint density at radius 3 is 2.20 bits per heavy atom. The largest absolute Gasteiger partial charge is 0.490 e. The number of pyridine rings is 1. The van der Waals surface area contributed by atoms with Crippen molar-refractivity contribution in [2.24, 2.45) is 11.1 Å². The molecule has 4 heterocycles. The Balaban J connectivity index is 1.35. The highest BCUT2D eigenvalue weighted by Gasteiger charge is 2.43. The van der Waals surface area contributed by atoms with Crippen molar-refractivity contribution in [1.82, 2.24) is 30.8 Å². The number of nitrogens with zero attached hydrogens (tertiary/aromatic N) is 4. The predicted molar refractivity (Wildman–Crippen MR) is 220 cm³/mol. The summed E-state index contributed by atoms with van der Waals surface area (Å²) < 4.78 is 22.6. The first-order chi connectivity index (χ1) is 27.7. The molecular formula is C40H60N8O10S. The average Bonchev–Trinajstić information content (AvgIpc) is 3.57. The SMILES string of the molecule is CCCCOc1cnc(CN2CC(C(=O)NC[C@H]3NC(=O)[C@H]3NC(=O)/C(=N\OC(C)(C)C(=O)OC(C)(C)C)c3csc(NC(=O)OC(C)(C)C)n3)C2)cc1OCCCC. The molecule has 4 rings (SSSR count). The van der Waals surface area contributed by atoms with E-state index in [4.69, 9.17) is 23.8 Å². The molecule has 326 valence electrons. The summed E-state index contributed by atoms with van der Waals surface area (Å²) in [4.78, 5) is 81.3. The summed E-state index contributed by atoms with van der Waals surface area (Å²) in [6, 6.07) is 0.243. The molecule has 59 heavy (non-hydrogen) atoms. The Kier molecular flexibility index (Phi) is 16.0. The van der Waals surface area contributed by atoms with E-state index >= 15 is 0 Å². The maximum absolute atomic E-state index is 13.7. The topological polar surface area (TPSA) is 221 Å². The van der Waals surface area contributed by atoms with Crippen molar-refractivity contribution in [1.29, 1.82) is 0 Å². The number of carbonyl (C=O) groups is 5. The first-order valence-corrected chi connectivity index (χ1v) is 20.9. The highest BCUT2D eigenvalue weighted by atomic mass is 32.1. The number of carbonyl (C=O) groups excluding carboxylic acids is 5. The lowest BCUT2D eigenvalue weighted by Gasteiger charge is -2.40. The van der Waals surface area contributed by atoms with Gasteiger partial charge in [0.05, 0.1) is 37.1 Å². The standard InChI is InChI=1S/C40H60N8O10S/c1-11-13-15-54-28-17-25(41-19-29(28)55-16-14-12-2)22-48-20-24(21-48)32(49)42-18-26-30(33(50)43-26)45-34(51)31(47-58-40(9,10)35(52)56-38(3,4)5)27-23-59-36(44-27)46-37(53)57-39(6,7)8/h17,19,23-24,26,30H,11-16,18,20-22H2,1-10H3,(H,42,49)(H,43,50)(H,45,51)(H,44,46,53)/b47-31-/t26-,30+/m1/s1. The summed E-state index contributed by atoms with van der Waals surface area (Å²) in [5.41, 5.74) is -2.79. The zero-order valence-electron chi connectivity index (χ0n) is 35.8. The summed E-state index contributed by atoms with van der Waals surface area (Å²) in [7, 11) is 0. The maximum atomic E-state index is 13.7. The van der Waals surface area contributed by atoms with Crippen LogP contribution >= 0.6 is 11.3 Å².